The van der Waals surface area contributed by atoms with E-state index in [1.165, 1.54) is 0 Å². The van der Waals surface area contributed by atoms with Gasteiger partial charge in [-0.05, 0) is 66.2 Å². The maximum absolute atomic E-state index is 9.50. The lowest BCUT2D eigenvalue weighted by Gasteiger charge is -2.18. The molecule has 1 heterocycles. The lowest BCUT2D eigenvalue weighted by molar-refractivity contribution is 0.671. The third-order valence-corrected chi connectivity index (χ3v) is 8.87. The summed E-state index contributed by atoms with van der Waals surface area (Å²) in [5, 5.41) is 3.05. The predicted octanol–water partition coefficient (Wildman–Crippen LogP) is 13.7. The van der Waals surface area contributed by atoms with E-state index < -0.39 is 95.7 Å². The van der Waals surface area contributed by atoms with E-state index in [1.54, 1.807) is 24.3 Å². The summed E-state index contributed by atoms with van der Waals surface area (Å²) in [6, 6.07) is 16.6. The Kier molecular flexibility index (Phi) is 3.64. The first-order valence-electron chi connectivity index (χ1n) is 23.6. The van der Waals surface area contributed by atoms with E-state index in [0.29, 0.717) is 65.7 Å². The molecule has 10 rings (SSSR count). The molecule has 49 heavy (non-hydrogen) atoms. The summed E-state index contributed by atoms with van der Waals surface area (Å²) in [6.07, 6.45) is 0. The van der Waals surface area contributed by atoms with Crippen LogP contribution < -0.4 is 0 Å². The van der Waals surface area contributed by atoms with Crippen LogP contribution in [0.4, 0.5) is 0 Å². The zero-order valence-corrected chi connectivity index (χ0v) is 25.5. The minimum absolute atomic E-state index is 0.0000756. The summed E-state index contributed by atoms with van der Waals surface area (Å²) in [5.41, 5.74) is 1.83. The Hall–Kier alpha value is -6.44. The summed E-state index contributed by atoms with van der Waals surface area (Å²) in [7, 11) is 0. The van der Waals surface area contributed by atoms with E-state index in [4.69, 9.17) is 20.9 Å². The largest absolute Gasteiger partial charge is 0.455 e. The van der Waals surface area contributed by atoms with Gasteiger partial charge in [0.05, 0.1) is 21.9 Å². The monoisotopic (exact) mass is 638 g/mol. The minimum atomic E-state index is -0.679. The second-order valence-electron chi connectivity index (χ2n) is 11.6. The second kappa shape index (κ2) is 11.1. The molecule has 1 nitrogen and oxygen atoms in total. The third-order valence-electron chi connectivity index (χ3n) is 8.87. The maximum atomic E-state index is 9.50. The van der Waals surface area contributed by atoms with Crippen molar-refractivity contribution < 1.29 is 26.3 Å². The molecule has 0 atom stereocenters. The number of benzene rings is 9. The lowest BCUT2D eigenvalue weighted by Crippen LogP contribution is -1.91. The highest BCUT2D eigenvalue weighted by Crippen LogP contribution is 2.47. The zero-order chi connectivity index (χ0) is 46.2. The van der Waals surface area contributed by atoms with Gasteiger partial charge in [-0.2, -0.15) is 0 Å². The molecular weight excluding hydrogens is 593 g/mol. The molecule has 0 bridgehead atoms. The van der Waals surface area contributed by atoms with Crippen molar-refractivity contribution in [2.75, 3.05) is 0 Å². The Morgan fingerprint density at radius 1 is 0.347 bits per heavy atom. The number of para-hydroxylation sites is 2. The molecule has 0 amide bonds. The fourth-order valence-corrected chi connectivity index (χ4v) is 6.76. The van der Waals surface area contributed by atoms with Gasteiger partial charge in [-0.1, -0.05) is 176 Å². The number of fused-ring (bicyclic) bond motifs is 6. The third kappa shape index (κ3) is 4.40. The molecule has 9 aromatic carbocycles. The Morgan fingerprint density at radius 3 is 1.53 bits per heavy atom. The highest BCUT2D eigenvalue weighted by Gasteiger charge is 2.21. The maximum Gasteiger partial charge on any atom is 0.143 e. The van der Waals surface area contributed by atoms with Gasteiger partial charge in [0.1, 0.15) is 11.2 Å². The van der Waals surface area contributed by atoms with E-state index in [0.717, 1.165) is 0 Å². The minimum Gasteiger partial charge on any atom is -0.455 e. The van der Waals surface area contributed by atoms with Crippen molar-refractivity contribution in [3.05, 3.63) is 182 Å². The molecule has 0 radical (unpaired) electrons. The van der Waals surface area contributed by atoms with Gasteiger partial charge in [0, 0.05) is 27.5 Å². The smallest absolute Gasteiger partial charge is 0.143 e. The van der Waals surface area contributed by atoms with E-state index in [2.05, 4.69) is 0 Å². The van der Waals surface area contributed by atoms with Crippen LogP contribution in [0.3, 0.4) is 0 Å². The van der Waals surface area contributed by atoms with Gasteiger partial charge >= 0.3 is 0 Å². The Balaban J connectivity index is 1.25. The van der Waals surface area contributed by atoms with Gasteiger partial charge in [0.25, 0.3) is 0 Å². The molecule has 10 aromatic rings. The molecule has 0 unspecified atom stereocenters. The van der Waals surface area contributed by atoms with Crippen LogP contribution in [0.25, 0.3) is 98.8 Å². The topological polar surface area (TPSA) is 13.1 Å². The molecule has 0 aliphatic rings. The predicted molar refractivity (Wildman–Crippen MR) is 208 cm³/mol. The van der Waals surface area contributed by atoms with Crippen LogP contribution in [-0.2, 0) is 0 Å². The van der Waals surface area contributed by atoms with Crippen molar-refractivity contribution in [2.24, 2.45) is 0 Å². The van der Waals surface area contributed by atoms with Gasteiger partial charge in [-0.25, -0.2) is 0 Å². The molecule has 1 heteroatoms. The van der Waals surface area contributed by atoms with Gasteiger partial charge < -0.3 is 4.42 Å². The summed E-state index contributed by atoms with van der Waals surface area (Å²) in [5.74, 6) is 0. The van der Waals surface area contributed by atoms with Crippen LogP contribution in [0.2, 0.25) is 0 Å². The fraction of sp³-hybridized carbons (Fsp3) is 0. The van der Waals surface area contributed by atoms with E-state index in [1.807, 2.05) is 60.7 Å². The van der Waals surface area contributed by atoms with Crippen LogP contribution in [0, 0.1) is 0 Å². The van der Waals surface area contributed by atoms with Gasteiger partial charge in [0.2, 0.25) is 0 Å². The molecular formula is C48H30O. The van der Waals surface area contributed by atoms with Crippen molar-refractivity contribution in [1.82, 2.24) is 0 Å². The molecule has 0 fully saturated rings. The standard InChI is InChI=1S/C48H30O/c1-2-13-33(14-3-1)37-20-10-21-42-43-22-11-23-44(48(43)49-47(37)42)46-40-18-8-6-16-38(40)45(39-17-7-9-19-41(39)46)34-27-24-32(25-28-34)36-29-26-31-12-4-5-15-35(31)30-36/h1-30H/i1D,2D,3D,4D,5D,12D,13D,14D,15D,24D,25D,26D,27D,28D,29D,30D. The normalized spacial score (nSPS) is 16.2. The van der Waals surface area contributed by atoms with Crippen molar-refractivity contribution in [3.63, 3.8) is 0 Å². The van der Waals surface area contributed by atoms with Crippen LogP contribution in [0.15, 0.2) is 186 Å². The van der Waals surface area contributed by atoms with Crippen LogP contribution in [0.1, 0.15) is 21.9 Å². The lowest BCUT2D eigenvalue weighted by atomic mass is 9.85. The van der Waals surface area contributed by atoms with Crippen LogP contribution in [-0.4, -0.2) is 0 Å². The summed E-state index contributed by atoms with van der Waals surface area (Å²) < 4.78 is 147. The second-order valence-corrected chi connectivity index (χ2v) is 11.6. The Bertz CT molecular complexity index is 3680. The Morgan fingerprint density at radius 2 is 0.857 bits per heavy atom. The number of furan rings is 1. The van der Waals surface area contributed by atoms with Crippen LogP contribution >= 0.6 is 0 Å². The number of hydrogen-bond donors (Lipinski definition) is 0. The molecule has 0 saturated carbocycles. The van der Waals surface area contributed by atoms with Crippen molar-refractivity contribution in [3.8, 4) is 44.5 Å². The summed E-state index contributed by atoms with van der Waals surface area (Å²) in [4.78, 5) is 0. The van der Waals surface area contributed by atoms with Crippen molar-refractivity contribution in [1.29, 1.82) is 0 Å². The molecule has 0 aliphatic heterocycles. The average molecular weight is 639 g/mol. The highest BCUT2D eigenvalue weighted by molar-refractivity contribution is 6.24. The zero-order valence-electron chi connectivity index (χ0n) is 41.5. The van der Waals surface area contributed by atoms with E-state index >= 15 is 0 Å². The van der Waals surface area contributed by atoms with Gasteiger partial charge in [-0.15, -0.1) is 0 Å². The van der Waals surface area contributed by atoms with E-state index in [-0.39, 0.29) is 34.0 Å². The summed E-state index contributed by atoms with van der Waals surface area (Å²) >= 11 is 0. The van der Waals surface area contributed by atoms with Gasteiger partial charge in [-0.3, -0.25) is 0 Å². The first-order valence-corrected chi connectivity index (χ1v) is 15.6. The Labute approximate surface area is 306 Å². The average Bonchev–Trinajstić information content (AvgIpc) is 3.70. The number of rotatable bonds is 4. The fourth-order valence-electron chi connectivity index (χ4n) is 6.76. The molecule has 1 aromatic heterocycles. The molecule has 0 spiro atoms. The van der Waals surface area contributed by atoms with Crippen LogP contribution in [0.5, 0.6) is 0 Å². The summed E-state index contributed by atoms with van der Waals surface area (Å²) in [6.45, 7) is 0. The first kappa shape index (κ1) is 16.1. The van der Waals surface area contributed by atoms with Gasteiger partial charge in [0.15, 0.2) is 0 Å². The molecule has 228 valence electrons. The van der Waals surface area contributed by atoms with Crippen molar-refractivity contribution >= 4 is 54.3 Å². The highest BCUT2D eigenvalue weighted by atomic mass is 16.3. The van der Waals surface area contributed by atoms with E-state index in [9.17, 15) is 5.48 Å². The molecule has 0 N–H and O–H groups in total. The number of hydrogen-bond acceptors (Lipinski definition) is 1. The SMILES string of the molecule is [2H]c1c([2H])c([2H])c(-c2cccc3c2oc2c(-c4c5ccccc5c(-c5c([2H])c([2H])c(-c6c([2H])c([2H])c7c([2H])c([2H])c([2H])c([2H])c7c6[2H])c([2H])c5[2H])c5ccccc45)cccc23)c([2H])c1[2H]. The molecule has 0 saturated heterocycles. The molecule has 0 aliphatic carbocycles. The quantitative estimate of drug-likeness (QED) is 0.175. The van der Waals surface area contributed by atoms with Crippen molar-refractivity contribution in [2.45, 2.75) is 0 Å². The first-order chi connectivity index (χ1) is 31.0.